The van der Waals surface area contributed by atoms with E-state index in [1.807, 2.05) is 6.07 Å². The van der Waals surface area contributed by atoms with Gasteiger partial charge in [-0.1, -0.05) is 11.6 Å². The SMILES string of the molecule is N#Cc1ccc(F)c(Cn2cc(Cl)c([N+](=O)[O-])n2)c1. The van der Waals surface area contributed by atoms with E-state index in [2.05, 4.69) is 5.10 Å². The molecule has 0 radical (unpaired) electrons. The number of nitriles is 1. The van der Waals surface area contributed by atoms with Gasteiger partial charge in [0.2, 0.25) is 0 Å². The van der Waals surface area contributed by atoms with Gasteiger partial charge in [-0.15, -0.1) is 0 Å². The van der Waals surface area contributed by atoms with Gasteiger partial charge in [-0.05, 0) is 23.1 Å². The Morgan fingerprint density at radius 3 is 2.89 bits per heavy atom. The molecule has 1 aromatic heterocycles. The molecule has 0 saturated carbocycles. The maximum absolute atomic E-state index is 13.5. The summed E-state index contributed by atoms with van der Waals surface area (Å²) in [6.45, 7) is -0.0467. The molecule has 2 aromatic rings. The van der Waals surface area contributed by atoms with E-state index in [9.17, 15) is 14.5 Å². The highest BCUT2D eigenvalue weighted by Gasteiger charge is 2.19. The van der Waals surface area contributed by atoms with E-state index in [1.54, 1.807) is 0 Å². The summed E-state index contributed by atoms with van der Waals surface area (Å²) in [6, 6.07) is 5.75. The lowest BCUT2D eigenvalue weighted by Gasteiger charge is -2.01. The second-order valence-corrected chi connectivity index (χ2v) is 4.08. The number of benzene rings is 1. The van der Waals surface area contributed by atoms with Crippen LogP contribution in [-0.2, 0) is 6.54 Å². The van der Waals surface area contributed by atoms with Crippen LogP contribution in [0.1, 0.15) is 11.1 Å². The maximum Gasteiger partial charge on any atom is 0.408 e. The fourth-order valence-corrected chi connectivity index (χ4v) is 1.75. The monoisotopic (exact) mass is 280 g/mol. The molecule has 8 heteroatoms. The van der Waals surface area contributed by atoms with Crippen LogP contribution in [-0.4, -0.2) is 14.7 Å². The molecule has 1 heterocycles. The molecule has 0 bridgehead atoms. The van der Waals surface area contributed by atoms with Gasteiger partial charge in [0.05, 0.1) is 29.5 Å². The average Bonchev–Trinajstić information content (AvgIpc) is 2.73. The topological polar surface area (TPSA) is 84.8 Å². The molecule has 0 amide bonds. The Labute approximate surface area is 111 Å². The largest absolute Gasteiger partial charge is 0.408 e. The van der Waals surface area contributed by atoms with E-state index in [-0.39, 0.29) is 17.1 Å². The van der Waals surface area contributed by atoms with Crippen LogP contribution in [0.5, 0.6) is 0 Å². The van der Waals surface area contributed by atoms with Crippen molar-refractivity contribution in [3.05, 3.63) is 56.5 Å². The van der Waals surface area contributed by atoms with Crippen molar-refractivity contribution in [1.82, 2.24) is 9.78 Å². The number of halogens is 2. The van der Waals surface area contributed by atoms with Crippen LogP contribution < -0.4 is 0 Å². The summed E-state index contributed by atoms with van der Waals surface area (Å²) in [7, 11) is 0. The van der Waals surface area contributed by atoms with E-state index in [0.29, 0.717) is 5.56 Å². The number of rotatable bonds is 3. The molecule has 0 unspecified atom stereocenters. The van der Waals surface area contributed by atoms with Gasteiger partial charge in [0, 0.05) is 5.56 Å². The highest BCUT2D eigenvalue weighted by atomic mass is 35.5. The Bertz CT molecular complexity index is 692. The first kappa shape index (κ1) is 13.0. The minimum absolute atomic E-state index is 0.0467. The number of hydrogen-bond donors (Lipinski definition) is 0. The lowest BCUT2D eigenvalue weighted by molar-refractivity contribution is -0.389. The molecule has 0 aliphatic rings. The summed E-state index contributed by atoms with van der Waals surface area (Å²) in [5.41, 5.74) is 0.497. The highest BCUT2D eigenvalue weighted by Crippen LogP contribution is 2.22. The van der Waals surface area contributed by atoms with Crippen molar-refractivity contribution in [3.63, 3.8) is 0 Å². The molecular formula is C11H6ClFN4O2. The van der Waals surface area contributed by atoms with Crippen molar-refractivity contribution < 1.29 is 9.31 Å². The second-order valence-electron chi connectivity index (χ2n) is 3.67. The molecular weight excluding hydrogens is 275 g/mol. The zero-order valence-corrected chi connectivity index (χ0v) is 10.1. The summed E-state index contributed by atoms with van der Waals surface area (Å²) in [4.78, 5) is 9.86. The first-order valence-electron chi connectivity index (χ1n) is 5.07. The van der Waals surface area contributed by atoms with Crippen LogP contribution >= 0.6 is 11.6 Å². The number of nitrogens with zero attached hydrogens (tertiary/aromatic N) is 4. The Hall–Kier alpha value is -2.46. The van der Waals surface area contributed by atoms with E-state index in [0.717, 1.165) is 10.7 Å². The van der Waals surface area contributed by atoms with Gasteiger partial charge < -0.3 is 10.1 Å². The van der Waals surface area contributed by atoms with E-state index < -0.39 is 16.6 Å². The molecule has 0 spiro atoms. The van der Waals surface area contributed by atoms with Crippen LogP contribution in [0.3, 0.4) is 0 Å². The number of hydrogen-bond acceptors (Lipinski definition) is 4. The number of aromatic nitrogens is 2. The smallest absolute Gasteiger partial charge is 0.358 e. The van der Waals surface area contributed by atoms with Crippen LogP contribution in [0, 0.1) is 27.3 Å². The third-order valence-electron chi connectivity index (χ3n) is 2.38. The molecule has 0 aliphatic heterocycles. The summed E-state index contributed by atoms with van der Waals surface area (Å²) in [6.07, 6.45) is 1.23. The van der Waals surface area contributed by atoms with E-state index in [4.69, 9.17) is 16.9 Å². The quantitative estimate of drug-likeness (QED) is 0.638. The first-order chi connectivity index (χ1) is 9.01. The molecule has 96 valence electrons. The predicted molar refractivity (Wildman–Crippen MR) is 64.1 cm³/mol. The summed E-state index contributed by atoms with van der Waals surface area (Å²) in [5, 5.41) is 22.8. The van der Waals surface area contributed by atoms with Crippen LogP contribution in [0.2, 0.25) is 5.02 Å². The Balaban J connectivity index is 2.34. The lowest BCUT2D eigenvalue weighted by Crippen LogP contribution is -2.03. The molecule has 1 aromatic carbocycles. The summed E-state index contributed by atoms with van der Waals surface area (Å²) in [5.74, 6) is -1.01. The van der Waals surface area contributed by atoms with Gasteiger partial charge in [-0.2, -0.15) is 9.94 Å². The molecule has 0 aliphatic carbocycles. The molecule has 0 N–H and O–H groups in total. The fraction of sp³-hybridized carbons (Fsp3) is 0.0909. The molecule has 0 fully saturated rings. The van der Waals surface area contributed by atoms with Gasteiger partial charge in [-0.3, -0.25) is 0 Å². The van der Waals surface area contributed by atoms with Crippen molar-refractivity contribution in [2.45, 2.75) is 6.54 Å². The molecule has 6 nitrogen and oxygen atoms in total. The third kappa shape index (κ3) is 2.69. The fourth-order valence-electron chi connectivity index (χ4n) is 1.53. The predicted octanol–water partition coefficient (Wildman–Crippen LogP) is 2.50. The van der Waals surface area contributed by atoms with Gasteiger partial charge >= 0.3 is 5.82 Å². The molecule has 2 rings (SSSR count). The van der Waals surface area contributed by atoms with Gasteiger partial charge in [0.15, 0.2) is 5.02 Å². The minimum Gasteiger partial charge on any atom is -0.358 e. The molecule has 0 atom stereocenters. The molecule has 0 saturated heterocycles. The van der Waals surface area contributed by atoms with Crippen LogP contribution in [0.25, 0.3) is 0 Å². The Kier molecular flexibility index (Phi) is 3.44. The second kappa shape index (κ2) is 5.04. The van der Waals surface area contributed by atoms with Crippen molar-refractivity contribution in [3.8, 4) is 6.07 Å². The van der Waals surface area contributed by atoms with Crippen molar-refractivity contribution in [2.75, 3.05) is 0 Å². The first-order valence-corrected chi connectivity index (χ1v) is 5.45. The van der Waals surface area contributed by atoms with Gasteiger partial charge in [0.1, 0.15) is 5.82 Å². The molecule has 19 heavy (non-hydrogen) atoms. The van der Waals surface area contributed by atoms with Crippen LogP contribution in [0.4, 0.5) is 10.2 Å². The normalized spacial score (nSPS) is 10.2. The Morgan fingerprint density at radius 2 is 2.32 bits per heavy atom. The maximum atomic E-state index is 13.5. The number of nitro groups is 1. The highest BCUT2D eigenvalue weighted by molar-refractivity contribution is 6.32. The van der Waals surface area contributed by atoms with E-state index >= 15 is 0 Å². The van der Waals surface area contributed by atoms with Gasteiger partial charge in [0.25, 0.3) is 0 Å². The van der Waals surface area contributed by atoms with Crippen molar-refractivity contribution >= 4 is 17.4 Å². The average molecular weight is 281 g/mol. The summed E-state index contributed by atoms with van der Waals surface area (Å²) < 4.78 is 14.7. The van der Waals surface area contributed by atoms with Gasteiger partial charge in [-0.25, -0.2) is 4.39 Å². The van der Waals surface area contributed by atoms with E-state index in [1.165, 1.54) is 18.3 Å². The zero-order valence-electron chi connectivity index (χ0n) is 9.38. The minimum atomic E-state index is -0.721. The zero-order chi connectivity index (χ0) is 14.0. The standard InChI is InChI=1S/C11H6ClFN4O2/c12-9-6-16(15-11(9)17(18)19)5-8-3-7(4-14)1-2-10(8)13/h1-3,6H,5H2. The lowest BCUT2D eigenvalue weighted by atomic mass is 10.1. The van der Waals surface area contributed by atoms with Crippen LogP contribution in [0.15, 0.2) is 24.4 Å². The Morgan fingerprint density at radius 1 is 1.58 bits per heavy atom. The van der Waals surface area contributed by atoms with Crippen molar-refractivity contribution in [2.24, 2.45) is 0 Å². The third-order valence-corrected chi connectivity index (χ3v) is 2.65. The summed E-state index contributed by atoms with van der Waals surface area (Å²) >= 11 is 5.63. The van der Waals surface area contributed by atoms with Crippen molar-refractivity contribution in [1.29, 1.82) is 5.26 Å².